The van der Waals surface area contributed by atoms with E-state index in [9.17, 15) is 8.42 Å². The van der Waals surface area contributed by atoms with E-state index in [1.54, 1.807) is 16.4 Å². The fourth-order valence-electron chi connectivity index (χ4n) is 3.94. The Bertz CT molecular complexity index is 629. The molecule has 2 heterocycles. The second kappa shape index (κ2) is 7.98. The fourth-order valence-corrected chi connectivity index (χ4v) is 5.52. The summed E-state index contributed by atoms with van der Waals surface area (Å²) in [6, 6.07) is 7.26. The molecule has 134 valence electrons. The Balaban J connectivity index is 1.56. The van der Waals surface area contributed by atoms with Crippen molar-refractivity contribution in [1.29, 1.82) is 0 Å². The third kappa shape index (κ3) is 4.38. The summed E-state index contributed by atoms with van der Waals surface area (Å²) in [5, 5.41) is 0. The zero-order chi connectivity index (χ0) is 17.0. The molecule has 0 amide bonds. The van der Waals surface area contributed by atoms with Crippen LogP contribution in [0.3, 0.4) is 0 Å². The summed E-state index contributed by atoms with van der Waals surface area (Å²) in [7, 11) is -3.33. The molecule has 0 spiro atoms. The number of hydrogen-bond acceptors (Lipinski definition) is 3. The zero-order valence-corrected chi connectivity index (χ0v) is 15.6. The Labute approximate surface area is 146 Å². The van der Waals surface area contributed by atoms with Gasteiger partial charge < -0.3 is 4.90 Å². The maximum Gasteiger partial charge on any atom is 0.243 e. The first-order valence-corrected chi connectivity index (χ1v) is 10.8. The van der Waals surface area contributed by atoms with E-state index in [2.05, 4.69) is 4.90 Å². The molecule has 2 aliphatic rings. The lowest BCUT2D eigenvalue weighted by Crippen LogP contribution is -2.41. The first-order valence-electron chi connectivity index (χ1n) is 9.35. The molecule has 1 aromatic rings. The molecule has 2 fully saturated rings. The normalized spacial score (nSPS) is 22.4. The van der Waals surface area contributed by atoms with E-state index in [1.165, 1.54) is 38.8 Å². The molecule has 0 saturated carbocycles. The highest BCUT2D eigenvalue weighted by molar-refractivity contribution is 7.89. The third-order valence-electron chi connectivity index (χ3n) is 5.42. The van der Waals surface area contributed by atoms with Gasteiger partial charge in [-0.3, -0.25) is 0 Å². The molecule has 5 heteroatoms. The number of benzene rings is 1. The first kappa shape index (κ1) is 17.9. The van der Waals surface area contributed by atoms with E-state index in [0.29, 0.717) is 23.9 Å². The molecule has 0 radical (unpaired) electrons. The van der Waals surface area contributed by atoms with Crippen LogP contribution in [0.15, 0.2) is 29.2 Å². The van der Waals surface area contributed by atoms with Gasteiger partial charge in [-0.05, 0) is 69.3 Å². The van der Waals surface area contributed by atoms with Gasteiger partial charge in [0.2, 0.25) is 10.0 Å². The van der Waals surface area contributed by atoms with Crippen LogP contribution < -0.4 is 0 Å². The molecule has 3 rings (SSSR count). The predicted octanol–water partition coefficient (Wildman–Crippen LogP) is 3.27. The van der Waals surface area contributed by atoms with Crippen molar-refractivity contribution >= 4 is 10.0 Å². The van der Waals surface area contributed by atoms with Crippen molar-refractivity contribution in [2.45, 2.75) is 50.3 Å². The molecule has 24 heavy (non-hydrogen) atoms. The van der Waals surface area contributed by atoms with Crippen molar-refractivity contribution in [1.82, 2.24) is 9.21 Å². The van der Waals surface area contributed by atoms with Crippen LogP contribution in [0.4, 0.5) is 0 Å². The van der Waals surface area contributed by atoms with Crippen molar-refractivity contribution in [2.24, 2.45) is 5.92 Å². The van der Waals surface area contributed by atoms with E-state index in [0.717, 1.165) is 24.9 Å². The Morgan fingerprint density at radius 3 is 2.29 bits per heavy atom. The highest BCUT2D eigenvalue weighted by atomic mass is 32.2. The van der Waals surface area contributed by atoms with Crippen molar-refractivity contribution < 1.29 is 8.42 Å². The average Bonchev–Trinajstić information content (AvgIpc) is 2.84. The molecule has 0 aliphatic carbocycles. The second-order valence-corrected chi connectivity index (χ2v) is 9.32. The van der Waals surface area contributed by atoms with Gasteiger partial charge in [-0.15, -0.1) is 0 Å². The van der Waals surface area contributed by atoms with Crippen LogP contribution in [0.1, 0.15) is 44.1 Å². The lowest BCUT2D eigenvalue weighted by molar-refractivity contribution is 0.186. The molecule has 0 unspecified atom stereocenters. The van der Waals surface area contributed by atoms with Gasteiger partial charge in [0, 0.05) is 19.6 Å². The number of aryl methyl sites for hydroxylation is 1. The Morgan fingerprint density at radius 2 is 1.67 bits per heavy atom. The lowest BCUT2D eigenvalue weighted by atomic mass is 9.97. The van der Waals surface area contributed by atoms with Gasteiger partial charge >= 0.3 is 0 Å². The van der Waals surface area contributed by atoms with Gasteiger partial charge in [-0.2, -0.15) is 4.31 Å². The number of sulfonamides is 1. The Morgan fingerprint density at radius 1 is 1.00 bits per heavy atom. The Hall–Kier alpha value is -0.910. The highest BCUT2D eigenvalue weighted by Gasteiger charge is 2.30. The van der Waals surface area contributed by atoms with Crippen LogP contribution in [0.5, 0.6) is 0 Å². The molecule has 4 nitrogen and oxygen atoms in total. The number of nitrogens with zero attached hydrogens (tertiary/aromatic N) is 2. The maximum absolute atomic E-state index is 12.8. The topological polar surface area (TPSA) is 40.6 Å². The van der Waals surface area contributed by atoms with E-state index < -0.39 is 10.0 Å². The van der Waals surface area contributed by atoms with Crippen LogP contribution in [0.2, 0.25) is 0 Å². The summed E-state index contributed by atoms with van der Waals surface area (Å²) >= 11 is 0. The van der Waals surface area contributed by atoms with Crippen molar-refractivity contribution in [2.75, 3.05) is 32.7 Å². The molecule has 0 atom stereocenters. The second-order valence-electron chi connectivity index (χ2n) is 7.38. The molecule has 0 bridgehead atoms. The van der Waals surface area contributed by atoms with Crippen LogP contribution in [-0.2, 0) is 10.0 Å². The van der Waals surface area contributed by atoms with Crippen molar-refractivity contribution in [3.05, 3.63) is 29.8 Å². The van der Waals surface area contributed by atoms with E-state index >= 15 is 0 Å². The monoisotopic (exact) mass is 350 g/mol. The molecule has 0 N–H and O–H groups in total. The quantitative estimate of drug-likeness (QED) is 0.837. The van der Waals surface area contributed by atoms with E-state index in [-0.39, 0.29) is 0 Å². The van der Waals surface area contributed by atoms with Gasteiger partial charge in [-0.25, -0.2) is 8.42 Å². The van der Waals surface area contributed by atoms with Gasteiger partial charge in [0.15, 0.2) is 0 Å². The minimum Gasteiger partial charge on any atom is -0.303 e. The molecular formula is C19H30N2O2S. The van der Waals surface area contributed by atoms with Gasteiger partial charge in [0.05, 0.1) is 4.90 Å². The number of hydrogen-bond donors (Lipinski definition) is 0. The van der Waals surface area contributed by atoms with Crippen LogP contribution >= 0.6 is 0 Å². The first-order chi connectivity index (χ1) is 11.6. The zero-order valence-electron chi connectivity index (χ0n) is 14.8. The Kier molecular flexibility index (Phi) is 5.95. The van der Waals surface area contributed by atoms with Gasteiger partial charge in [-0.1, -0.05) is 25.0 Å². The average molecular weight is 351 g/mol. The third-order valence-corrected chi connectivity index (χ3v) is 7.31. The maximum atomic E-state index is 12.8. The standard InChI is InChI=1S/C19H30N2O2S/c1-17-7-6-8-19(15-17)24(22,23)21-13-9-18(10-14-21)16-20-11-4-2-3-5-12-20/h6-8,15,18H,2-5,9-14,16H2,1H3. The predicted molar refractivity (Wildman–Crippen MR) is 97.6 cm³/mol. The number of rotatable bonds is 4. The largest absolute Gasteiger partial charge is 0.303 e. The van der Waals surface area contributed by atoms with E-state index in [1.807, 2.05) is 19.1 Å². The van der Waals surface area contributed by atoms with Gasteiger partial charge in [0.1, 0.15) is 0 Å². The highest BCUT2D eigenvalue weighted by Crippen LogP contribution is 2.25. The summed E-state index contributed by atoms with van der Waals surface area (Å²) < 4.78 is 27.3. The molecular weight excluding hydrogens is 320 g/mol. The van der Waals surface area contributed by atoms with Gasteiger partial charge in [0.25, 0.3) is 0 Å². The van der Waals surface area contributed by atoms with Crippen LogP contribution in [0, 0.1) is 12.8 Å². The smallest absolute Gasteiger partial charge is 0.243 e. The van der Waals surface area contributed by atoms with Crippen LogP contribution in [-0.4, -0.2) is 50.3 Å². The number of likely N-dealkylation sites (tertiary alicyclic amines) is 1. The lowest BCUT2D eigenvalue weighted by Gasteiger charge is -2.34. The van der Waals surface area contributed by atoms with Crippen molar-refractivity contribution in [3.8, 4) is 0 Å². The van der Waals surface area contributed by atoms with E-state index in [4.69, 9.17) is 0 Å². The summed E-state index contributed by atoms with van der Waals surface area (Å²) in [5.41, 5.74) is 0.993. The molecule has 2 saturated heterocycles. The summed E-state index contributed by atoms with van der Waals surface area (Å²) in [6.45, 7) is 6.86. The number of piperidine rings is 1. The fraction of sp³-hybridized carbons (Fsp3) is 0.684. The minimum absolute atomic E-state index is 0.438. The summed E-state index contributed by atoms with van der Waals surface area (Å²) in [5.74, 6) is 0.645. The van der Waals surface area contributed by atoms with Crippen LogP contribution in [0.25, 0.3) is 0 Å². The molecule has 0 aromatic heterocycles. The summed E-state index contributed by atoms with van der Waals surface area (Å²) in [4.78, 5) is 3.04. The SMILES string of the molecule is Cc1cccc(S(=O)(=O)N2CCC(CN3CCCCCC3)CC2)c1. The summed E-state index contributed by atoms with van der Waals surface area (Å²) in [6.07, 6.45) is 7.34. The van der Waals surface area contributed by atoms with Crippen molar-refractivity contribution in [3.63, 3.8) is 0 Å². The molecule has 2 aliphatic heterocycles. The minimum atomic E-state index is -3.33. The molecule has 1 aromatic carbocycles.